The summed E-state index contributed by atoms with van der Waals surface area (Å²) in [5.41, 5.74) is 0.168. The van der Waals surface area contributed by atoms with E-state index in [-0.39, 0.29) is 17.3 Å². The molecule has 1 atom stereocenters. The third-order valence-corrected chi connectivity index (χ3v) is 3.16. The highest BCUT2D eigenvalue weighted by Crippen LogP contribution is 2.34. The second-order valence-electron chi connectivity index (χ2n) is 4.56. The predicted octanol–water partition coefficient (Wildman–Crippen LogP) is 2.50. The highest BCUT2D eigenvalue weighted by molar-refractivity contribution is 5.95. The highest BCUT2D eigenvalue weighted by Gasteiger charge is 2.28. The molecule has 18 heavy (non-hydrogen) atoms. The molecule has 0 spiro atoms. The van der Waals surface area contributed by atoms with Gasteiger partial charge in [0.2, 0.25) is 0 Å². The Kier molecular flexibility index (Phi) is 3.18. The van der Waals surface area contributed by atoms with Crippen molar-refractivity contribution in [3.8, 4) is 0 Å². The molecule has 0 heterocycles. The summed E-state index contributed by atoms with van der Waals surface area (Å²) in [7, 11) is 0. The number of non-ortho nitro benzene ring substituents is 1. The number of nitro benzene ring substituents is 1. The minimum atomic E-state index is -1.16. The van der Waals surface area contributed by atoms with Crippen LogP contribution in [0.2, 0.25) is 0 Å². The first-order valence-electron chi connectivity index (χ1n) is 5.77. The Hall–Kier alpha value is -2.11. The van der Waals surface area contributed by atoms with Gasteiger partial charge in [-0.15, -0.1) is 0 Å². The second kappa shape index (κ2) is 4.64. The monoisotopic (exact) mass is 250 g/mol. The predicted molar refractivity (Wildman–Crippen MR) is 65.9 cm³/mol. The summed E-state index contributed by atoms with van der Waals surface area (Å²) >= 11 is 0. The molecule has 0 aliphatic heterocycles. The van der Waals surface area contributed by atoms with Crippen molar-refractivity contribution in [2.75, 3.05) is 5.32 Å². The van der Waals surface area contributed by atoms with Gasteiger partial charge in [0.25, 0.3) is 5.69 Å². The molecule has 1 aliphatic rings. The van der Waals surface area contributed by atoms with E-state index in [0.29, 0.717) is 11.6 Å². The minimum absolute atomic E-state index is 0.0586. The van der Waals surface area contributed by atoms with E-state index in [2.05, 4.69) is 5.32 Å². The van der Waals surface area contributed by atoms with Gasteiger partial charge in [0.05, 0.1) is 10.5 Å². The Morgan fingerprint density at radius 2 is 2.22 bits per heavy atom. The van der Waals surface area contributed by atoms with Gasteiger partial charge in [-0.25, -0.2) is 4.79 Å². The third kappa shape index (κ3) is 2.58. The maximum Gasteiger partial charge on any atom is 0.338 e. The first kappa shape index (κ1) is 12.3. The van der Waals surface area contributed by atoms with Crippen LogP contribution in [0.3, 0.4) is 0 Å². The molecule has 1 saturated carbocycles. The van der Waals surface area contributed by atoms with Gasteiger partial charge in [-0.05, 0) is 31.7 Å². The van der Waals surface area contributed by atoms with E-state index in [0.717, 1.165) is 18.9 Å². The molecular formula is C12H14N2O4. The van der Waals surface area contributed by atoms with Crippen molar-refractivity contribution >= 4 is 17.3 Å². The van der Waals surface area contributed by atoms with E-state index in [1.165, 1.54) is 12.1 Å². The number of rotatable bonds is 5. The van der Waals surface area contributed by atoms with E-state index in [4.69, 9.17) is 5.11 Å². The number of carboxylic acid groups (broad SMARTS) is 1. The van der Waals surface area contributed by atoms with Crippen molar-refractivity contribution in [1.29, 1.82) is 0 Å². The Balaban J connectivity index is 2.27. The topological polar surface area (TPSA) is 92.5 Å². The molecule has 1 fully saturated rings. The smallest absolute Gasteiger partial charge is 0.338 e. The zero-order valence-electron chi connectivity index (χ0n) is 9.92. The molecule has 0 saturated heterocycles. The van der Waals surface area contributed by atoms with Crippen LogP contribution >= 0.6 is 0 Å². The SMILES string of the molecule is CC(Nc1ccc([N+](=O)[O-])cc1C(=O)O)C1CC1. The maximum atomic E-state index is 11.1. The lowest BCUT2D eigenvalue weighted by molar-refractivity contribution is -0.384. The van der Waals surface area contributed by atoms with Gasteiger partial charge in [-0.3, -0.25) is 10.1 Å². The number of hydrogen-bond acceptors (Lipinski definition) is 4. The van der Waals surface area contributed by atoms with Crippen LogP contribution in [0.4, 0.5) is 11.4 Å². The van der Waals surface area contributed by atoms with Crippen molar-refractivity contribution in [2.45, 2.75) is 25.8 Å². The van der Waals surface area contributed by atoms with Gasteiger partial charge < -0.3 is 10.4 Å². The number of nitrogens with one attached hydrogen (secondary N) is 1. The average Bonchev–Trinajstić information content (AvgIpc) is 3.12. The molecule has 6 nitrogen and oxygen atoms in total. The fourth-order valence-electron chi connectivity index (χ4n) is 1.91. The largest absolute Gasteiger partial charge is 0.478 e. The lowest BCUT2D eigenvalue weighted by Crippen LogP contribution is -2.19. The number of nitro groups is 1. The van der Waals surface area contributed by atoms with Gasteiger partial charge in [-0.2, -0.15) is 0 Å². The van der Waals surface area contributed by atoms with Crippen LogP contribution in [-0.4, -0.2) is 22.0 Å². The quantitative estimate of drug-likeness (QED) is 0.618. The van der Waals surface area contributed by atoms with Crippen molar-refractivity contribution in [3.05, 3.63) is 33.9 Å². The van der Waals surface area contributed by atoms with Crippen LogP contribution in [0.1, 0.15) is 30.1 Å². The Morgan fingerprint density at radius 3 is 2.72 bits per heavy atom. The number of nitrogens with zero attached hydrogens (tertiary/aromatic N) is 1. The lowest BCUT2D eigenvalue weighted by atomic mass is 10.1. The Bertz CT molecular complexity index is 497. The normalized spacial score (nSPS) is 16.1. The van der Waals surface area contributed by atoms with Crippen molar-refractivity contribution < 1.29 is 14.8 Å². The number of anilines is 1. The van der Waals surface area contributed by atoms with Crippen molar-refractivity contribution in [3.63, 3.8) is 0 Å². The fraction of sp³-hybridized carbons (Fsp3) is 0.417. The summed E-state index contributed by atoms with van der Waals surface area (Å²) in [5.74, 6) is -0.592. The maximum absolute atomic E-state index is 11.1. The van der Waals surface area contributed by atoms with E-state index < -0.39 is 10.9 Å². The summed E-state index contributed by atoms with van der Waals surface area (Å²) < 4.78 is 0. The Morgan fingerprint density at radius 1 is 1.56 bits per heavy atom. The minimum Gasteiger partial charge on any atom is -0.478 e. The van der Waals surface area contributed by atoms with E-state index in [1.807, 2.05) is 6.92 Å². The van der Waals surface area contributed by atoms with Crippen LogP contribution in [0.5, 0.6) is 0 Å². The number of hydrogen-bond donors (Lipinski definition) is 2. The van der Waals surface area contributed by atoms with Crippen LogP contribution in [0.15, 0.2) is 18.2 Å². The van der Waals surface area contributed by atoms with Crippen LogP contribution < -0.4 is 5.32 Å². The van der Waals surface area contributed by atoms with Crippen molar-refractivity contribution in [2.24, 2.45) is 5.92 Å². The Labute approximate surface area is 104 Å². The van der Waals surface area contributed by atoms with Gasteiger partial charge in [0.15, 0.2) is 0 Å². The van der Waals surface area contributed by atoms with Crippen molar-refractivity contribution in [1.82, 2.24) is 0 Å². The molecule has 0 amide bonds. The molecule has 1 aromatic rings. The van der Waals surface area contributed by atoms with E-state index in [1.54, 1.807) is 0 Å². The van der Waals surface area contributed by atoms with Gasteiger partial charge >= 0.3 is 5.97 Å². The third-order valence-electron chi connectivity index (χ3n) is 3.16. The standard InChI is InChI=1S/C12H14N2O4/c1-7(8-2-3-8)13-11-5-4-9(14(17)18)6-10(11)12(15)16/h4-8,13H,2-3H2,1H3,(H,15,16). The summed E-state index contributed by atoms with van der Waals surface area (Å²) in [4.78, 5) is 21.1. The molecule has 1 aromatic carbocycles. The molecule has 2 rings (SSSR count). The molecule has 0 bridgehead atoms. The molecule has 1 aliphatic carbocycles. The van der Waals surface area contributed by atoms with Gasteiger partial charge in [-0.1, -0.05) is 0 Å². The van der Waals surface area contributed by atoms with Crippen LogP contribution in [0.25, 0.3) is 0 Å². The summed E-state index contributed by atoms with van der Waals surface area (Å²) in [6, 6.07) is 4.05. The fourth-order valence-corrected chi connectivity index (χ4v) is 1.91. The number of carbonyl (C=O) groups is 1. The molecule has 0 aromatic heterocycles. The van der Waals surface area contributed by atoms with Gasteiger partial charge in [0.1, 0.15) is 0 Å². The zero-order valence-corrected chi connectivity index (χ0v) is 9.92. The molecule has 96 valence electrons. The molecule has 6 heteroatoms. The highest BCUT2D eigenvalue weighted by atomic mass is 16.6. The number of benzene rings is 1. The number of carboxylic acids is 1. The van der Waals surface area contributed by atoms with E-state index in [9.17, 15) is 14.9 Å². The molecule has 1 unspecified atom stereocenters. The van der Waals surface area contributed by atoms with Crippen LogP contribution in [-0.2, 0) is 0 Å². The van der Waals surface area contributed by atoms with Gasteiger partial charge in [0, 0.05) is 23.9 Å². The zero-order chi connectivity index (χ0) is 13.3. The van der Waals surface area contributed by atoms with E-state index >= 15 is 0 Å². The molecule has 0 radical (unpaired) electrons. The second-order valence-corrected chi connectivity index (χ2v) is 4.56. The first-order chi connectivity index (χ1) is 8.49. The molecule has 2 N–H and O–H groups in total. The molecular weight excluding hydrogens is 236 g/mol. The summed E-state index contributed by atoms with van der Waals surface area (Å²) in [6.45, 7) is 1.99. The average molecular weight is 250 g/mol. The summed E-state index contributed by atoms with van der Waals surface area (Å²) in [6.07, 6.45) is 2.28. The van der Waals surface area contributed by atoms with Crippen LogP contribution in [0, 0.1) is 16.0 Å². The first-order valence-corrected chi connectivity index (χ1v) is 5.77. The summed E-state index contributed by atoms with van der Waals surface area (Å²) in [5, 5.41) is 22.8. The lowest BCUT2D eigenvalue weighted by Gasteiger charge is -2.16. The number of aromatic carboxylic acids is 1.